The third kappa shape index (κ3) is 3.54. The average Bonchev–Trinajstić information content (AvgIpc) is 2.42. The van der Waals surface area contributed by atoms with Crippen LogP contribution in [-0.4, -0.2) is 42.4 Å². The van der Waals surface area contributed by atoms with Crippen molar-refractivity contribution in [2.75, 3.05) is 20.2 Å². The highest BCUT2D eigenvalue weighted by molar-refractivity contribution is 6.00. The third-order valence-corrected chi connectivity index (χ3v) is 3.49. The molecule has 0 saturated heterocycles. The van der Waals surface area contributed by atoms with Crippen molar-refractivity contribution in [3.63, 3.8) is 0 Å². The van der Waals surface area contributed by atoms with Gasteiger partial charge in [-0.05, 0) is 32.9 Å². The summed E-state index contributed by atoms with van der Waals surface area (Å²) < 4.78 is 11.3. The van der Waals surface area contributed by atoms with Crippen LogP contribution in [0.2, 0.25) is 0 Å². The molecule has 0 N–H and O–H groups in total. The maximum absolute atomic E-state index is 12.0. The first-order chi connectivity index (χ1) is 9.82. The minimum absolute atomic E-state index is 0.0273. The Morgan fingerprint density at radius 3 is 2.81 bits per heavy atom. The molecule has 2 rings (SSSR count). The number of carbonyl (C=O) groups is 2. The van der Waals surface area contributed by atoms with Crippen molar-refractivity contribution in [1.82, 2.24) is 4.90 Å². The second kappa shape index (κ2) is 5.76. The molecule has 1 aromatic rings. The van der Waals surface area contributed by atoms with Crippen molar-refractivity contribution < 1.29 is 19.1 Å². The molecule has 1 aromatic carbocycles. The Kier molecular flexibility index (Phi) is 4.21. The van der Waals surface area contributed by atoms with Crippen LogP contribution in [0.3, 0.4) is 0 Å². The molecule has 0 bridgehead atoms. The van der Waals surface area contributed by atoms with E-state index in [1.54, 1.807) is 30.1 Å². The van der Waals surface area contributed by atoms with Crippen LogP contribution in [0.5, 0.6) is 11.5 Å². The number of carbonyl (C=O) groups excluding carboxylic acids is 2. The summed E-state index contributed by atoms with van der Waals surface area (Å²) in [5.74, 6) is 1.02. The van der Waals surface area contributed by atoms with Crippen LogP contribution in [0.1, 0.15) is 37.6 Å². The SMILES string of the molecule is CCN(C)C(=O)COc1ccc2c(c1)OC(C)(C)CC2=O. The van der Waals surface area contributed by atoms with Gasteiger partial charge in [-0.15, -0.1) is 0 Å². The Labute approximate surface area is 124 Å². The van der Waals surface area contributed by atoms with Gasteiger partial charge in [-0.1, -0.05) is 0 Å². The maximum Gasteiger partial charge on any atom is 0.260 e. The molecule has 21 heavy (non-hydrogen) atoms. The largest absolute Gasteiger partial charge is 0.486 e. The number of hydrogen-bond donors (Lipinski definition) is 0. The smallest absolute Gasteiger partial charge is 0.260 e. The number of likely N-dealkylation sites (N-methyl/N-ethyl adjacent to an activating group) is 1. The summed E-state index contributed by atoms with van der Waals surface area (Å²) in [7, 11) is 1.73. The van der Waals surface area contributed by atoms with Crippen LogP contribution in [0.4, 0.5) is 0 Å². The summed E-state index contributed by atoms with van der Waals surface area (Å²) in [5.41, 5.74) is 0.0553. The first kappa shape index (κ1) is 15.4. The van der Waals surface area contributed by atoms with Gasteiger partial charge in [-0.25, -0.2) is 0 Å². The topological polar surface area (TPSA) is 55.8 Å². The van der Waals surface area contributed by atoms with Crippen molar-refractivity contribution in [1.29, 1.82) is 0 Å². The van der Waals surface area contributed by atoms with Crippen LogP contribution in [0, 0.1) is 0 Å². The number of hydrogen-bond acceptors (Lipinski definition) is 4. The van der Waals surface area contributed by atoms with Gasteiger partial charge in [0.25, 0.3) is 5.91 Å². The predicted octanol–water partition coefficient (Wildman–Crippen LogP) is 2.29. The maximum atomic E-state index is 12.0. The van der Waals surface area contributed by atoms with Crippen molar-refractivity contribution in [3.8, 4) is 11.5 Å². The van der Waals surface area contributed by atoms with Gasteiger partial charge in [-0.3, -0.25) is 9.59 Å². The Morgan fingerprint density at radius 2 is 2.14 bits per heavy atom. The number of amides is 1. The van der Waals surface area contributed by atoms with Gasteiger partial charge in [-0.2, -0.15) is 0 Å². The summed E-state index contributed by atoms with van der Waals surface area (Å²) in [4.78, 5) is 25.3. The molecule has 1 amide bonds. The Hall–Kier alpha value is -2.04. The van der Waals surface area contributed by atoms with Gasteiger partial charge in [0.2, 0.25) is 0 Å². The summed E-state index contributed by atoms with van der Waals surface area (Å²) >= 11 is 0. The van der Waals surface area contributed by atoms with Crippen LogP contribution >= 0.6 is 0 Å². The second-order valence-corrected chi connectivity index (χ2v) is 5.82. The average molecular weight is 291 g/mol. The molecule has 0 fully saturated rings. The van der Waals surface area contributed by atoms with Gasteiger partial charge in [0.15, 0.2) is 12.4 Å². The van der Waals surface area contributed by atoms with Gasteiger partial charge in [0.1, 0.15) is 17.1 Å². The number of benzene rings is 1. The van der Waals surface area contributed by atoms with Crippen molar-refractivity contribution in [2.45, 2.75) is 32.8 Å². The zero-order chi connectivity index (χ0) is 15.6. The van der Waals surface area contributed by atoms with Crippen LogP contribution in [0.25, 0.3) is 0 Å². The van der Waals surface area contributed by atoms with E-state index in [2.05, 4.69) is 0 Å². The fourth-order valence-corrected chi connectivity index (χ4v) is 2.15. The number of rotatable bonds is 4. The van der Waals surface area contributed by atoms with E-state index < -0.39 is 5.60 Å². The molecule has 0 spiro atoms. The first-order valence-corrected chi connectivity index (χ1v) is 7.05. The fraction of sp³-hybridized carbons (Fsp3) is 0.500. The van der Waals surface area contributed by atoms with E-state index >= 15 is 0 Å². The van der Waals surface area contributed by atoms with Gasteiger partial charge in [0.05, 0.1) is 12.0 Å². The fourth-order valence-electron chi connectivity index (χ4n) is 2.15. The van der Waals surface area contributed by atoms with E-state index in [0.29, 0.717) is 30.0 Å². The lowest BCUT2D eigenvalue weighted by molar-refractivity contribution is -0.131. The second-order valence-electron chi connectivity index (χ2n) is 5.82. The van der Waals surface area contributed by atoms with Crippen LogP contribution in [0.15, 0.2) is 18.2 Å². The predicted molar refractivity (Wildman–Crippen MR) is 78.9 cm³/mol. The minimum Gasteiger partial charge on any atom is -0.486 e. The van der Waals surface area contributed by atoms with Crippen LogP contribution < -0.4 is 9.47 Å². The third-order valence-electron chi connectivity index (χ3n) is 3.49. The normalized spacial score (nSPS) is 15.9. The van der Waals surface area contributed by atoms with Gasteiger partial charge < -0.3 is 14.4 Å². The number of ketones is 1. The molecule has 1 heterocycles. The molecule has 5 nitrogen and oxygen atoms in total. The highest BCUT2D eigenvalue weighted by atomic mass is 16.5. The standard InChI is InChI=1S/C16H21NO4/c1-5-17(4)15(19)10-20-11-6-7-12-13(18)9-16(2,3)21-14(12)8-11/h6-8H,5,9-10H2,1-4H3. The van der Waals surface area contributed by atoms with Crippen molar-refractivity contribution in [3.05, 3.63) is 23.8 Å². The highest BCUT2D eigenvalue weighted by Crippen LogP contribution is 2.35. The number of ether oxygens (including phenoxy) is 2. The van der Waals surface area contributed by atoms with E-state index in [-0.39, 0.29) is 18.3 Å². The van der Waals surface area contributed by atoms with E-state index in [1.165, 1.54) is 0 Å². The monoisotopic (exact) mass is 291 g/mol. The summed E-state index contributed by atoms with van der Waals surface area (Å²) in [6.45, 7) is 6.26. The molecule has 0 aromatic heterocycles. The van der Waals surface area contributed by atoms with E-state index in [4.69, 9.17) is 9.47 Å². The lowest BCUT2D eigenvalue weighted by Crippen LogP contribution is -2.35. The first-order valence-electron chi connectivity index (χ1n) is 7.05. The van der Waals surface area contributed by atoms with E-state index in [9.17, 15) is 9.59 Å². The van der Waals surface area contributed by atoms with Crippen molar-refractivity contribution in [2.24, 2.45) is 0 Å². The summed E-state index contributed by atoms with van der Waals surface area (Å²) in [6.07, 6.45) is 0.361. The molecular weight excluding hydrogens is 270 g/mol. The Morgan fingerprint density at radius 1 is 1.43 bits per heavy atom. The number of fused-ring (bicyclic) bond motifs is 1. The molecule has 0 unspecified atom stereocenters. The number of Topliss-reactive ketones (excluding diaryl/α,β-unsaturated/α-hetero) is 1. The Balaban J connectivity index is 2.11. The number of nitrogens with zero attached hydrogens (tertiary/aromatic N) is 1. The molecule has 1 aliphatic rings. The summed E-state index contributed by atoms with van der Waals surface area (Å²) in [5, 5.41) is 0. The molecule has 5 heteroatoms. The molecular formula is C16H21NO4. The minimum atomic E-state index is -0.513. The quantitative estimate of drug-likeness (QED) is 0.854. The molecule has 1 aliphatic heterocycles. The molecule has 0 saturated carbocycles. The zero-order valence-electron chi connectivity index (χ0n) is 12.9. The lowest BCUT2D eigenvalue weighted by Gasteiger charge is -2.31. The van der Waals surface area contributed by atoms with Gasteiger partial charge >= 0.3 is 0 Å². The zero-order valence-corrected chi connectivity index (χ0v) is 12.9. The van der Waals surface area contributed by atoms with Gasteiger partial charge in [0, 0.05) is 19.7 Å². The Bertz CT molecular complexity index is 565. The summed E-state index contributed by atoms with van der Waals surface area (Å²) in [6, 6.07) is 5.06. The van der Waals surface area contributed by atoms with Crippen LogP contribution in [-0.2, 0) is 4.79 Å². The molecule has 0 aliphatic carbocycles. The van der Waals surface area contributed by atoms with E-state index in [1.807, 2.05) is 20.8 Å². The molecule has 114 valence electrons. The highest BCUT2D eigenvalue weighted by Gasteiger charge is 2.32. The lowest BCUT2D eigenvalue weighted by atomic mass is 9.93. The van der Waals surface area contributed by atoms with Crippen molar-refractivity contribution >= 4 is 11.7 Å². The van der Waals surface area contributed by atoms with E-state index in [0.717, 1.165) is 0 Å². The molecule has 0 atom stereocenters. The molecule has 0 radical (unpaired) electrons.